The van der Waals surface area contributed by atoms with Crippen LogP contribution in [-0.2, 0) is 16.1 Å². The lowest BCUT2D eigenvalue weighted by Gasteiger charge is -2.25. The van der Waals surface area contributed by atoms with E-state index in [1.54, 1.807) is 67.0 Å². The third kappa shape index (κ3) is 5.34. The van der Waals surface area contributed by atoms with E-state index < -0.39 is 17.7 Å². The van der Waals surface area contributed by atoms with Crippen LogP contribution in [-0.4, -0.2) is 33.3 Å². The van der Waals surface area contributed by atoms with Gasteiger partial charge in [-0.25, -0.2) is 0 Å². The lowest BCUT2D eigenvalue weighted by Crippen LogP contribution is -2.29. The first kappa shape index (κ1) is 24.8. The molecule has 35 heavy (non-hydrogen) atoms. The highest BCUT2D eigenvalue weighted by Crippen LogP contribution is 2.42. The summed E-state index contributed by atoms with van der Waals surface area (Å²) in [5.74, 6) is -1.20. The van der Waals surface area contributed by atoms with Crippen molar-refractivity contribution in [1.29, 1.82) is 0 Å². The second-order valence-corrected chi connectivity index (χ2v) is 9.00. The minimum Gasteiger partial charge on any atom is -0.507 e. The monoisotopic (exact) mass is 510 g/mol. The topological polar surface area (TPSA) is 79.7 Å². The number of halogens is 2. The smallest absolute Gasteiger partial charge is 0.295 e. The molecule has 1 aliphatic rings. The van der Waals surface area contributed by atoms with E-state index in [2.05, 4.69) is 11.9 Å². The van der Waals surface area contributed by atoms with Gasteiger partial charge in [-0.2, -0.15) is 0 Å². The Morgan fingerprint density at radius 2 is 1.83 bits per heavy atom. The normalized spacial score (nSPS) is 17.1. The summed E-state index contributed by atoms with van der Waals surface area (Å²) in [4.78, 5) is 31.8. The fourth-order valence-electron chi connectivity index (χ4n) is 3.98. The molecule has 0 radical (unpaired) electrons. The SMILES string of the molecule is CCCCOc1cccc(C(O)=C2C(=O)C(=O)N(Cc3ccncc3)C2c2ccc(Cl)c(Cl)c2)c1. The number of aliphatic hydroxyl groups is 1. The number of likely N-dealkylation sites (tertiary alicyclic amines) is 1. The van der Waals surface area contributed by atoms with Crippen LogP contribution in [0.4, 0.5) is 0 Å². The standard InChI is InChI=1S/C27H24Cl2N2O4/c1-2-3-13-35-20-6-4-5-19(14-20)25(32)23-24(18-7-8-21(28)22(29)15-18)31(27(34)26(23)33)16-17-9-11-30-12-10-17/h4-12,14-15,24,32H,2-3,13,16H2,1H3. The van der Waals surface area contributed by atoms with Gasteiger partial charge >= 0.3 is 0 Å². The van der Waals surface area contributed by atoms with Crippen LogP contribution >= 0.6 is 23.2 Å². The molecule has 1 N–H and O–H groups in total. The van der Waals surface area contributed by atoms with Crippen molar-refractivity contribution in [2.24, 2.45) is 0 Å². The number of carbonyl (C=O) groups excluding carboxylic acids is 2. The number of amides is 1. The van der Waals surface area contributed by atoms with E-state index in [0.29, 0.717) is 28.5 Å². The van der Waals surface area contributed by atoms with E-state index in [1.807, 2.05) is 0 Å². The van der Waals surface area contributed by atoms with Crippen LogP contribution in [0.1, 0.15) is 42.5 Å². The average molecular weight is 511 g/mol. The number of hydrogen-bond donors (Lipinski definition) is 1. The number of carbonyl (C=O) groups is 2. The third-order valence-electron chi connectivity index (χ3n) is 5.78. The van der Waals surface area contributed by atoms with Gasteiger partial charge in [0.05, 0.1) is 28.3 Å². The summed E-state index contributed by atoms with van der Waals surface area (Å²) in [7, 11) is 0. The molecule has 1 fully saturated rings. The molecule has 0 spiro atoms. The largest absolute Gasteiger partial charge is 0.507 e. The van der Waals surface area contributed by atoms with Gasteiger partial charge in [0.1, 0.15) is 11.5 Å². The first-order valence-corrected chi connectivity index (χ1v) is 12.0. The van der Waals surface area contributed by atoms with E-state index in [9.17, 15) is 14.7 Å². The first-order valence-electron chi connectivity index (χ1n) is 11.3. The van der Waals surface area contributed by atoms with Gasteiger partial charge < -0.3 is 14.7 Å². The molecule has 8 heteroatoms. The summed E-state index contributed by atoms with van der Waals surface area (Å²) in [6, 6.07) is 14.4. The molecular formula is C27H24Cl2N2O4. The van der Waals surface area contributed by atoms with Crippen LogP contribution in [0.25, 0.3) is 5.76 Å². The molecule has 0 bridgehead atoms. The van der Waals surface area contributed by atoms with Crippen molar-refractivity contribution in [3.05, 3.63) is 99.3 Å². The van der Waals surface area contributed by atoms with Crippen LogP contribution in [0.2, 0.25) is 10.0 Å². The third-order valence-corrected chi connectivity index (χ3v) is 6.51. The maximum Gasteiger partial charge on any atom is 0.295 e. The number of pyridine rings is 1. The van der Waals surface area contributed by atoms with E-state index in [-0.39, 0.29) is 22.9 Å². The number of Topliss-reactive ketones (excluding diaryl/α,β-unsaturated/α-hetero) is 1. The lowest BCUT2D eigenvalue weighted by atomic mass is 9.95. The molecule has 0 aliphatic carbocycles. The highest BCUT2D eigenvalue weighted by Gasteiger charge is 2.46. The van der Waals surface area contributed by atoms with Crippen molar-refractivity contribution in [3.63, 3.8) is 0 Å². The van der Waals surface area contributed by atoms with Crippen LogP contribution in [0.5, 0.6) is 5.75 Å². The van der Waals surface area contributed by atoms with Crippen LogP contribution in [0, 0.1) is 0 Å². The summed E-state index contributed by atoms with van der Waals surface area (Å²) in [6.45, 7) is 2.76. The predicted molar refractivity (Wildman–Crippen MR) is 135 cm³/mol. The number of ether oxygens (including phenoxy) is 1. The number of aliphatic hydroxyl groups excluding tert-OH is 1. The zero-order chi connectivity index (χ0) is 24.9. The molecule has 0 saturated carbocycles. The molecular weight excluding hydrogens is 487 g/mol. The van der Waals surface area contributed by atoms with E-state index in [1.165, 1.54) is 4.90 Å². The molecule has 1 aliphatic heterocycles. The van der Waals surface area contributed by atoms with Crippen molar-refractivity contribution >= 4 is 40.7 Å². The Labute approximate surface area is 213 Å². The minimum atomic E-state index is -0.859. The molecule has 6 nitrogen and oxygen atoms in total. The first-order chi connectivity index (χ1) is 16.9. The average Bonchev–Trinajstić information content (AvgIpc) is 3.11. The Bertz CT molecular complexity index is 1280. The predicted octanol–water partition coefficient (Wildman–Crippen LogP) is 6.19. The van der Waals surface area contributed by atoms with Crippen molar-refractivity contribution in [2.75, 3.05) is 6.61 Å². The molecule has 2 aromatic carbocycles. The van der Waals surface area contributed by atoms with Crippen molar-refractivity contribution in [3.8, 4) is 5.75 Å². The number of nitrogens with zero attached hydrogens (tertiary/aromatic N) is 2. The second kappa shape index (κ2) is 10.9. The second-order valence-electron chi connectivity index (χ2n) is 8.19. The number of rotatable bonds is 8. The molecule has 1 amide bonds. The van der Waals surface area contributed by atoms with Gasteiger partial charge in [0, 0.05) is 24.5 Å². The summed E-state index contributed by atoms with van der Waals surface area (Å²) >= 11 is 12.4. The fourth-order valence-corrected chi connectivity index (χ4v) is 4.29. The van der Waals surface area contributed by atoms with Gasteiger partial charge in [-0.1, -0.05) is 54.7 Å². The molecule has 1 atom stereocenters. The molecule has 4 rings (SSSR count). The molecule has 2 heterocycles. The molecule has 3 aromatic rings. The summed E-state index contributed by atoms with van der Waals surface area (Å²) in [5.41, 5.74) is 1.71. The summed E-state index contributed by atoms with van der Waals surface area (Å²) < 4.78 is 5.75. The summed E-state index contributed by atoms with van der Waals surface area (Å²) in [5, 5.41) is 11.9. The Balaban J connectivity index is 1.81. The number of unbranched alkanes of at least 4 members (excludes halogenated alkanes) is 1. The van der Waals surface area contributed by atoms with E-state index >= 15 is 0 Å². The fraction of sp³-hybridized carbons (Fsp3) is 0.222. The Hall–Kier alpha value is -3.35. The Kier molecular flexibility index (Phi) is 7.73. The highest BCUT2D eigenvalue weighted by molar-refractivity contribution is 6.46. The van der Waals surface area contributed by atoms with Crippen LogP contribution in [0.3, 0.4) is 0 Å². The van der Waals surface area contributed by atoms with Gasteiger partial charge in [0.2, 0.25) is 0 Å². The lowest BCUT2D eigenvalue weighted by molar-refractivity contribution is -0.140. The van der Waals surface area contributed by atoms with Crippen LogP contribution < -0.4 is 4.74 Å². The quantitative estimate of drug-likeness (QED) is 0.169. The number of benzene rings is 2. The highest BCUT2D eigenvalue weighted by atomic mass is 35.5. The number of hydrogen-bond acceptors (Lipinski definition) is 5. The van der Waals surface area contributed by atoms with Crippen LogP contribution in [0.15, 0.2) is 72.6 Å². The minimum absolute atomic E-state index is 0.0202. The van der Waals surface area contributed by atoms with E-state index in [4.69, 9.17) is 27.9 Å². The molecule has 1 aromatic heterocycles. The number of aromatic nitrogens is 1. The zero-order valence-corrected chi connectivity index (χ0v) is 20.6. The van der Waals surface area contributed by atoms with Crippen molar-refractivity contribution in [1.82, 2.24) is 9.88 Å². The van der Waals surface area contributed by atoms with Gasteiger partial charge in [-0.3, -0.25) is 14.6 Å². The molecule has 180 valence electrons. The van der Waals surface area contributed by atoms with Gasteiger partial charge in [0.15, 0.2) is 0 Å². The van der Waals surface area contributed by atoms with Crippen molar-refractivity contribution in [2.45, 2.75) is 32.4 Å². The molecule has 1 unspecified atom stereocenters. The Morgan fingerprint density at radius 3 is 2.54 bits per heavy atom. The maximum absolute atomic E-state index is 13.2. The summed E-state index contributed by atoms with van der Waals surface area (Å²) in [6.07, 6.45) is 5.12. The van der Waals surface area contributed by atoms with Gasteiger partial charge in [0.25, 0.3) is 11.7 Å². The molecule has 1 saturated heterocycles. The zero-order valence-electron chi connectivity index (χ0n) is 19.1. The Morgan fingerprint density at radius 1 is 1.06 bits per heavy atom. The van der Waals surface area contributed by atoms with Gasteiger partial charge in [-0.05, 0) is 53.9 Å². The van der Waals surface area contributed by atoms with Gasteiger partial charge in [-0.15, -0.1) is 0 Å². The van der Waals surface area contributed by atoms with Crippen molar-refractivity contribution < 1.29 is 19.4 Å². The number of ketones is 1. The maximum atomic E-state index is 13.2. The van der Waals surface area contributed by atoms with E-state index in [0.717, 1.165) is 18.4 Å².